The van der Waals surface area contributed by atoms with Crippen molar-refractivity contribution in [2.45, 2.75) is 10.5 Å². The monoisotopic (exact) mass is 288 g/mol. The van der Waals surface area contributed by atoms with Gasteiger partial charge in [0.05, 0.1) is 12.9 Å². The molecular formula is C9H8N2O3S3. The van der Waals surface area contributed by atoms with Crippen LogP contribution >= 0.6 is 35.7 Å². The molecule has 1 aliphatic rings. The Morgan fingerprint density at radius 3 is 3.18 bits per heavy atom. The van der Waals surface area contributed by atoms with Crippen LogP contribution < -0.4 is 0 Å². The van der Waals surface area contributed by atoms with E-state index in [1.54, 1.807) is 23.9 Å². The van der Waals surface area contributed by atoms with Crippen molar-refractivity contribution in [3.05, 3.63) is 23.7 Å². The van der Waals surface area contributed by atoms with Gasteiger partial charge in [-0.05, 0) is 24.4 Å². The summed E-state index contributed by atoms with van der Waals surface area (Å²) in [6.45, 7) is 0. The van der Waals surface area contributed by atoms with Crippen LogP contribution in [-0.2, 0) is 10.5 Å². The molecule has 0 fully saturated rings. The van der Waals surface area contributed by atoms with E-state index in [9.17, 15) is 4.79 Å². The lowest BCUT2D eigenvalue weighted by molar-refractivity contribution is 0.0563. The van der Waals surface area contributed by atoms with Gasteiger partial charge in [0.1, 0.15) is 5.76 Å². The number of azo groups is 1. The molecule has 0 spiro atoms. The van der Waals surface area contributed by atoms with Gasteiger partial charge in [0, 0.05) is 0 Å². The normalized spacial score (nSPS) is 18.6. The van der Waals surface area contributed by atoms with Crippen molar-refractivity contribution < 1.29 is 13.9 Å². The van der Waals surface area contributed by atoms with E-state index in [0.29, 0.717) is 15.8 Å². The third kappa shape index (κ3) is 3.30. The molecule has 0 radical (unpaired) electrons. The first kappa shape index (κ1) is 12.6. The molecule has 5 nitrogen and oxygen atoms in total. The van der Waals surface area contributed by atoms with Gasteiger partial charge in [-0.2, -0.15) is 5.11 Å². The van der Waals surface area contributed by atoms with Crippen LogP contribution in [0, 0.1) is 0 Å². The molecule has 1 atom stereocenters. The fraction of sp³-hybridized carbons (Fsp3) is 0.333. The Bertz CT molecular complexity index is 472. The number of ether oxygens (including phenoxy) is 1. The zero-order valence-corrected chi connectivity index (χ0v) is 11.2. The highest BCUT2D eigenvalue weighted by molar-refractivity contribution is 8.30. The second-order valence-electron chi connectivity index (χ2n) is 2.97. The van der Waals surface area contributed by atoms with E-state index in [2.05, 4.69) is 15.0 Å². The third-order valence-corrected chi connectivity index (χ3v) is 4.33. The van der Waals surface area contributed by atoms with Crippen LogP contribution in [0.25, 0.3) is 0 Å². The number of methoxy groups -OCH3 is 1. The minimum atomic E-state index is -0.475. The van der Waals surface area contributed by atoms with E-state index in [1.165, 1.54) is 18.9 Å². The summed E-state index contributed by atoms with van der Waals surface area (Å²) in [6.07, 6.45) is 0. The lowest BCUT2D eigenvalue weighted by atomic mass is 10.4. The van der Waals surface area contributed by atoms with E-state index in [4.69, 9.17) is 16.6 Å². The van der Waals surface area contributed by atoms with E-state index in [1.807, 2.05) is 0 Å². The maximum atomic E-state index is 11.2. The van der Waals surface area contributed by atoms with Gasteiger partial charge in [0.15, 0.2) is 9.03 Å². The average Bonchev–Trinajstić information content (AvgIpc) is 2.94. The molecule has 0 saturated heterocycles. The molecule has 0 aliphatic carbocycles. The van der Waals surface area contributed by atoms with Crippen molar-refractivity contribution in [2.24, 2.45) is 10.2 Å². The molecule has 1 aromatic heterocycles. The summed E-state index contributed by atoms with van der Waals surface area (Å²) in [6, 6.07) is 3.34. The lowest BCUT2D eigenvalue weighted by Gasteiger charge is -2.01. The second kappa shape index (κ2) is 5.65. The number of furan rings is 1. The summed E-state index contributed by atoms with van der Waals surface area (Å²) in [7, 11) is 1.32. The van der Waals surface area contributed by atoms with Gasteiger partial charge in [0.25, 0.3) is 0 Å². The maximum absolute atomic E-state index is 11.2. The van der Waals surface area contributed by atoms with Crippen molar-refractivity contribution in [1.82, 2.24) is 0 Å². The van der Waals surface area contributed by atoms with Gasteiger partial charge in [-0.15, -0.1) is 16.9 Å². The van der Waals surface area contributed by atoms with Crippen LogP contribution in [0.1, 0.15) is 16.3 Å². The van der Waals surface area contributed by atoms with Gasteiger partial charge in [-0.25, -0.2) is 4.79 Å². The summed E-state index contributed by atoms with van der Waals surface area (Å²) in [4.78, 5) is 11.2. The van der Waals surface area contributed by atoms with E-state index in [-0.39, 0.29) is 10.5 Å². The summed E-state index contributed by atoms with van der Waals surface area (Å²) < 4.78 is 10.4. The van der Waals surface area contributed by atoms with Crippen LogP contribution in [0.4, 0.5) is 0 Å². The molecule has 0 saturated carbocycles. The number of esters is 1. The molecule has 0 N–H and O–H groups in total. The fourth-order valence-corrected chi connectivity index (χ4v) is 3.30. The standard InChI is InChI=1S/C9H8N2O3S3/c1-13-7(12)6-3-2-5(14-6)4-16-9-11-10-8(15)17-9/h2-3,9H,4H2,1H3. The first-order valence-electron chi connectivity index (χ1n) is 4.59. The number of thioether (sulfide) groups is 2. The molecule has 1 aromatic rings. The highest BCUT2D eigenvalue weighted by atomic mass is 32.2. The predicted molar refractivity (Wildman–Crippen MR) is 70.2 cm³/mol. The van der Waals surface area contributed by atoms with Crippen LogP contribution in [0.15, 0.2) is 26.8 Å². The van der Waals surface area contributed by atoms with Crippen molar-refractivity contribution in [3.8, 4) is 0 Å². The minimum Gasteiger partial charge on any atom is -0.463 e. The summed E-state index contributed by atoms with van der Waals surface area (Å²) in [5.41, 5.74) is 0. The number of carbonyl (C=O) groups is 1. The van der Waals surface area contributed by atoms with Crippen molar-refractivity contribution in [1.29, 1.82) is 0 Å². The van der Waals surface area contributed by atoms with E-state index in [0.717, 1.165) is 0 Å². The topological polar surface area (TPSA) is 64.2 Å². The third-order valence-electron chi connectivity index (χ3n) is 1.85. The van der Waals surface area contributed by atoms with Gasteiger partial charge in [-0.1, -0.05) is 11.8 Å². The van der Waals surface area contributed by atoms with Crippen LogP contribution in [0.5, 0.6) is 0 Å². The highest BCUT2D eigenvalue weighted by Gasteiger charge is 2.19. The molecule has 1 unspecified atom stereocenters. The first-order chi connectivity index (χ1) is 8.19. The molecule has 17 heavy (non-hydrogen) atoms. The average molecular weight is 288 g/mol. The molecule has 2 rings (SSSR count). The smallest absolute Gasteiger partial charge is 0.373 e. The Kier molecular flexibility index (Phi) is 4.19. The molecule has 2 heterocycles. The SMILES string of the molecule is COC(=O)c1ccc(CSC2N=NC(=S)S2)o1. The minimum absolute atomic E-state index is 0.0193. The first-order valence-corrected chi connectivity index (χ1v) is 6.93. The fourth-order valence-electron chi connectivity index (χ4n) is 1.11. The summed E-state index contributed by atoms with van der Waals surface area (Å²) in [5, 5.41) is 7.74. The van der Waals surface area contributed by atoms with Gasteiger partial charge >= 0.3 is 5.97 Å². The number of carbonyl (C=O) groups excluding carboxylic acids is 1. The van der Waals surface area contributed by atoms with E-state index >= 15 is 0 Å². The van der Waals surface area contributed by atoms with Gasteiger partial charge in [-0.3, -0.25) is 0 Å². The number of rotatable bonds is 4. The molecule has 1 aliphatic heterocycles. The number of thiocarbonyl (C=S) groups is 1. The Hall–Kier alpha value is -0.860. The van der Waals surface area contributed by atoms with Crippen molar-refractivity contribution >= 4 is 46.0 Å². The van der Waals surface area contributed by atoms with Crippen LogP contribution in [0.2, 0.25) is 0 Å². The summed E-state index contributed by atoms with van der Waals surface area (Å²) >= 11 is 7.86. The molecule has 90 valence electrons. The number of hydrogen-bond donors (Lipinski definition) is 0. The van der Waals surface area contributed by atoms with Crippen molar-refractivity contribution in [2.75, 3.05) is 7.11 Å². The number of hydrogen-bond acceptors (Lipinski definition) is 7. The molecule has 0 aromatic carbocycles. The molecule has 8 heteroatoms. The lowest BCUT2D eigenvalue weighted by Crippen LogP contribution is -1.98. The Balaban J connectivity index is 1.87. The number of nitrogens with zero attached hydrogens (tertiary/aromatic N) is 2. The van der Waals surface area contributed by atoms with Gasteiger partial charge < -0.3 is 9.15 Å². The van der Waals surface area contributed by atoms with Crippen molar-refractivity contribution in [3.63, 3.8) is 0 Å². The van der Waals surface area contributed by atoms with E-state index < -0.39 is 5.97 Å². The Morgan fingerprint density at radius 2 is 2.53 bits per heavy atom. The van der Waals surface area contributed by atoms with Gasteiger partial charge in [0.2, 0.25) is 5.76 Å². The molecule has 0 bridgehead atoms. The zero-order chi connectivity index (χ0) is 12.3. The molecule has 0 amide bonds. The Morgan fingerprint density at radius 1 is 1.71 bits per heavy atom. The van der Waals surface area contributed by atoms with Crippen LogP contribution in [-0.4, -0.2) is 22.1 Å². The Labute approximate surface area is 111 Å². The highest BCUT2D eigenvalue weighted by Crippen LogP contribution is 2.34. The summed E-state index contributed by atoms with van der Waals surface area (Å²) in [5.74, 6) is 1.04. The second-order valence-corrected chi connectivity index (χ2v) is 6.06. The molecular weight excluding hydrogens is 280 g/mol. The predicted octanol–water partition coefficient (Wildman–Crippen LogP) is 3.07. The van der Waals surface area contributed by atoms with Crippen LogP contribution in [0.3, 0.4) is 0 Å². The quantitative estimate of drug-likeness (QED) is 0.626. The zero-order valence-electron chi connectivity index (χ0n) is 8.78. The maximum Gasteiger partial charge on any atom is 0.373 e. The largest absolute Gasteiger partial charge is 0.463 e.